The summed E-state index contributed by atoms with van der Waals surface area (Å²) < 4.78 is 0. The standard InChI is InChI=1S/C23H20N2O3S/c1-15(26)16-8-10-18(11-9-16)24-22(27)13-20(21-7-4-12-29-21)25-14-17-5-2-3-6-19(17)23(25)28/h2-12,20H,13-14H2,1H3,(H,24,27)/t20-/m0/s1. The van der Waals surface area contributed by atoms with Crippen LogP contribution in [0, 0.1) is 0 Å². The minimum absolute atomic E-state index is 0.0206. The van der Waals surface area contributed by atoms with Gasteiger partial charge in [-0.3, -0.25) is 14.4 Å². The molecular formula is C23H20N2O3S. The molecule has 0 saturated heterocycles. The van der Waals surface area contributed by atoms with Gasteiger partial charge in [-0.2, -0.15) is 0 Å². The Morgan fingerprint density at radius 1 is 1.07 bits per heavy atom. The number of hydrogen-bond donors (Lipinski definition) is 1. The van der Waals surface area contributed by atoms with E-state index >= 15 is 0 Å². The van der Waals surface area contributed by atoms with Crippen molar-refractivity contribution in [3.8, 4) is 0 Å². The normalized spacial score (nSPS) is 13.8. The molecule has 3 aromatic rings. The molecule has 2 aromatic carbocycles. The minimum Gasteiger partial charge on any atom is -0.326 e. The van der Waals surface area contributed by atoms with Gasteiger partial charge in [-0.05, 0) is 54.3 Å². The van der Waals surface area contributed by atoms with Gasteiger partial charge in [0.2, 0.25) is 5.91 Å². The van der Waals surface area contributed by atoms with Crippen LogP contribution in [0.2, 0.25) is 0 Å². The summed E-state index contributed by atoms with van der Waals surface area (Å²) in [6.45, 7) is 2.00. The first-order chi connectivity index (χ1) is 14.0. The predicted molar refractivity (Wildman–Crippen MR) is 113 cm³/mol. The third-order valence-electron chi connectivity index (χ3n) is 5.05. The van der Waals surface area contributed by atoms with Crippen LogP contribution in [0.1, 0.15) is 50.5 Å². The highest BCUT2D eigenvalue weighted by Gasteiger charge is 2.34. The van der Waals surface area contributed by atoms with E-state index in [2.05, 4.69) is 5.32 Å². The zero-order valence-corrected chi connectivity index (χ0v) is 16.7. The lowest BCUT2D eigenvalue weighted by Crippen LogP contribution is -2.31. The minimum atomic E-state index is -0.327. The molecule has 4 rings (SSSR count). The van der Waals surface area contributed by atoms with Crippen LogP contribution in [0.5, 0.6) is 0 Å². The number of hydrogen-bond acceptors (Lipinski definition) is 4. The summed E-state index contributed by atoms with van der Waals surface area (Å²) in [6, 6.07) is 17.9. The van der Waals surface area contributed by atoms with E-state index in [1.807, 2.05) is 41.8 Å². The van der Waals surface area contributed by atoms with Gasteiger partial charge in [0.15, 0.2) is 5.78 Å². The SMILES string of the molecule is CC(=O)c1ccc(NC(=O)C[C@@H](c2cccs2)N2Cc3ccccc3C2=O)cc1. The van der Waals surface area contributed by atoms with E-state index in [9.17, 15) is 14.4 Å². The fourth-order valence-electron chi connectivity index (χ4n) is 3.55. The van der Waals surface area contributed by atoms with Crippen LogP contribution in [-0.2, 0) is 11.3 Å². The van der Waals surface area contributed by atoms with Crippen LogP contribution in [0.4, 0.5) is 5.69 Å². The number of amides is 2. The van der Waals surface area contributed by atoms with Gasteiger partial charge in [0.05, 0.1) is 12.5 Å². The number of nitrogens with one attached hydrogen (secondary N) is 1. The molecule has 0 fully saturated rings. The van der Waals surface area contributed by atoms with Crippen molar-refractivity contribution in [1.29, 1.82) is 0 Å². The first-order valence-electron chi connectivity index (χ1n) is 9.36. The maximum atomic E-state index is 12.9. The molecule has 1 atom stereocenters. The number of carbonyl (C=O) groups excluding carboxylic acids is 3. The summed E-state index contributed by atoms with van der Waals surface area (Å²) in [4.78, 5) is 39.9. The van der Waals surface area contributed by atoms with Crippen molar-refractivity contribution in [2.45, 2.75) is 25.9 Å². The Morgan fingerprint density at radius 3 is 2.48 bits per heavy atom. The molecule has 2 amide bonds. The van der Waals surface area contributed by atoms with Gasteiger partial charge in [0, 0.05) is 28.2 Å². The van der Waals surface area contributed by atoms with Crippen LogP contribution >= 0.6 is 11.3 Å². The lowest BCUT2D eigenvalue weighted by Gasteiger charge is -2.26. The van der Waals surface area contributed by atoms with E-state index in [0.29, 0.717) is 23.4 Å². The van der Waals surface area contributed by atoms with Crippen molar-refractivity contribution in [1.82, 2.24) is 4.90 Å². The van der Waals surface area contributed by atoms with Crippen LogP contribution in [0.25, 0.3) is 0 Å². The zero-order chi connectivity index (χ0) is 20.4. The van der Waals surface area contributed by atoms with Crippen LogP contribution in [-0.4, -0.2) is 22.5 Å². The van der Waals surface area contributed by atoms with Crippen molar-refractivity contribution in [3.63, 3.8) is 0 Å². The van der Waals surface area contributed by atoms with Crippen molar-refractivity contribution in [2.24, 2.45) is 0 Å². The molecule has 0 saturated carbocycles. The van der Waals surface area contributed by atoms with Gasteiger partial charge < -0.3 is 10.2 Å². The molecule has 6 heteroatoms. The maximum Gasteiger partial charge on any atom is 0.255 e. The molecule has 1 aromatic heterocycles. The van der Waals surface area contributed by atoms with E-state index in [1.165, 1.54) is 6.92 Å². The lowest BCUT2D eigenvalue weighted by molar-refractivity contribution is -0.117. The van der Waals surface area contributed by atoms with Gasteiger partial charge in [-0.1, -0.05) is 24.3 Å². The quantitative estimate of drug-likeness (QED) is 0.607. The molecular weight excluding hydrogens is 384 g/mol. The van der Waals surface area contributed by atoms with Crippen LogP contribution in [0.15, 0.2) is 66.0 Å². The van der Waals surface area contributed by atoms with E-state index in [1.54, 1.807) is 40.5 Å². The number of anilines is 1. The molecule has 1 aliphatic heterocycles. The van der Waals surface area contributed by atoms with Crippen molar-refractivity contribution < 1.29 is 14.4 Å². The Hall–Kier alpha value is -3.25. The largest absolute Gasteiger partial charge is 0.326 e. The molecule has 2 heterocycles. The molecule has 29 heavy (non-hydrogen) atoms. The molecule has 0 aliphatic carbocycles. The second-order valence-electron chi connectivity index (χ2n) is 7.01. The van der Waals surface area contributed by atoms with Crippen molar-refractivity contribution in [3.05, 3.63) is 87.6 Å². The summed E-state index contributed by atoms with van der Waals surface area (Å²) in [5.41, 5.74) is 2.91. The average molecular weight is 404 g/mol. The number of fused-ring (bicyclic) bond motifs is 1. The monoisotopic (exact) mass is 404 g/mol. The Bertz CT molecular complexity index is 1060. The van der Waals surface area contributed by atoms with E-state index < -0.39 is 0 Å². The molecule has 146 valence electrons. The third-order valence-corrected chi connectivity index (χ3v) is 6.02. The number of thiophene rings is 1. The lowest BCUT2D eigenvalue weighted by atomic mass is 10.1. The first kappa shape index (κ1) is 19.1. The van der Waals surface area contributed by atoms with Gasteiger partial charge in [0.25, 0.3) is 5.91 Å². The summed E-state index contributed by atoms with van der Waals surface area (Å²) >= 11 is 1.54. The highest BCUT2D eigenvalue weighted by Crippen LogP contribution is 2.35. The molecule has 5 nitrogen and oxygen atoms in total. The van der Waals surface area contributed by atoms with Gasteiger partial charge in [-0.25, -0.2) is 0 Å². The fourth-order valence-corrected chi connectivity index (χ4v) is 4.39. The van der Waals surface area contributed by atoms with Crippen LogP contribution in [0.3, 0.4) is 0 Å². The number of nitrogens with zero attached hydrogens (tertiary/aromatic N) is 1. The predicted octanol–water partition coefficient (Wildman–Crippen LogP) is 4.68. The molecule has 1 aliphatic rings. The number of Topliss-reactive ketones (excluding diaryl/α,β-unsaturated/α-hetero) is 1. The van der Waals surface area contributed by atoms with Gasteiger partial charge in [-0.15, -0.1) is 11.3 Å². The Morgan fingerprint density at radius 2 is 1.83 bits per heavy atom. The topological polar surface area (TPSA) is 66.5 Å². The highest BCUT2D eigenvalue weighted by atomic mass is 32.1. The average Bonchev–Trinajstić information content (AvgIpc) is 3.35. The Kier molecular flexibility index (Phi) is 5.27. The molecule has 0 radical (unpaired) electrons. The number of ketones is 1. The van der Waals surface area contributed by atoms with Gasteiger partial charge >= 0.3 is 0 Å². The number of carbonyl (C=O) groups is 3. The maximum absolute atomic E-state index is 12.9. The molecule has 0 bridgehead atoms. The summed E-state index contributed by atoms with van der Waals surface area (Å²) in [5, 5.41) is 4.83. The van der Waals surface area contributed by atoms with Crippen LogP contribution < -0.4 is 5.32 Å². The smallest absolute Gasteiger partial charge is 0.255 e. The number of benzene rings is 2. The third kappa shape index (κ3) is 3.98. The zero-order valence-electron chi connectivity index (χ0n) is 15.9. The highest BCUT2D eigenvalue weighted by molar-refractivity contribution is 7.10. The van der Waals surface area contributed by atoms with E-state index in [-0.39, 0.29) is 30.1 Å². The molecule has 0 spiro atoms. The Balaban J connectivity index is 1.52. The summed E-state index contributed by atoms with van der Waals surface area (Å²) in [7, 11) is 0. The fraction of sp³-hybridized carbons (Fsp3) is 0.174. The number of rotatable bonds is 6. The summed E-state index contributed by atoms with van der Waals surface area (Å²) in [6.07, 6.45) is 0.161. The Labute approximate surface area is 173 Å². The van der Waals surface area contributed by atoms with Gasteiger partial charge in [0.1, 0.15) is 0 Å². The second kappa shape index (κ2) is 8.01. The first-order valence-corrected chi connectivity index (χ1v) is 10.2. The van der Waals surface area contributed by atoms with Crippen molar-refractivity contribution in [2.75, 3.05) is 5.32 Å². The van der Waals surface area contributed by atoms with Crippen molar-refractivity contribution >= 4 is 34.6 Å². The van der Waals surface area contributed by atoms with E-state index in [4.69, 9.17) is 0 Å². The molecule has 1 N–H and O–H groups in total. The second-order valence-corrected chi connectivity index (χ2v) is 7.99. The summed E-state index contributed by atoms with van der Waals surface area (Å²) in [5.74, 6) is -0.243. The molecule has 0 unspecified atom stereocenters. The van der Waals surface area contributed by atoms with E-state index in [0.717, 1.165) is 10.4 Å².